The molecular formula is C18H24N8O2. The van der Waals surface area contributed by atoms with E-state index >= 15 is 0 Å². The van der Waals surface area contributed by atoms with Crippen LogP contribution in [0.5, 0.6) is 0 Å². The number of nitrogens with zero attached hydrogens (tertiary/aromatic N) is 7. The Morgan fingerprint density at radius 3 is 2.75 bits per heavy atom. The van der Waals surface area contributed by atoms with E-state index in [1.807, 2.05) is 28.8 Å². The van der Waals surface area contributed by atoms with Gasteiger partial charge >= 0.3 is 0 Å². The predicted octanol–water partition coefficient (Wildman–Crippen LogP) is -0.655. The number of carbonyl (C=O) groups excluding carboxylic acids is 2. The van der Waals surface area contributed by atoms with E-state index in [-0.39, 0.29) is 23.9 Å². The maximum atomic E-state index is 12.8. The fraction of sp³-hybridized carbons (Fsp3) is 0.611. The van der Waals surface area contributed by atoms with Gasteiger partial charge in [0.05, 0.1) is 18.2 Å². The molecule has 10 heteroatoms. The van der Waals surface area contributed by atoms with Crippen LogP contribution in [-0.4, -0.2) is 78.4 Å². The summed E-state index contributed by atoms with van der Waals surface area (Å²) in [5.74, 6) is 1.09. The molecule has 2 aromatic heterocycles. The van der Waals surface area contributed by atoms with Crippen LogP contribution in [0.4, 0.5) is 0 Å². The van der Waals surface area contributed by atoms with E-state index in [1.54, 1.807) is 4.68 Å². The average molecular weight is 384 g/mol. The number of nitrogens with one attached hydrogen (secondary N) is 1. The lowest BCUT2D eigenvalue weighted by Crippen LogP contribution is -2.54. The minimum Gasteiger partial charge on any atom is -0.347 e. The minimum atomic E-state index is -0.145. The highest BCUT2D eigenvalue weighted by Gasteiger charge is 2.38. The summed E-state index contributed by atoms with van der Waals surface area (Å²) in [7, 11) is 1.85. The van der Waals surface area contributed by atoms with Crippen molar-refractivity contribution in [2.75, 3.05) is 26.2 Å². The molecule has 2 amide bonds. The zero-order valence-electron chi connectivity index (χ0n) is 15.9. The van der Waals surface area contributed by atoms with Gasteiger partial charge in [0.2, 0.25) is 11.7 Å². The fourth-order valence-corrected chi connectivity index (χ4v) is 4.04. The normalized spacial score (nSPS) is 21.9. The van der Waals surface area contributed by atoms with Gasteiger partial charge in [-0.2, -0.15) is 5.10 Å². The topological polar surface area (TPSA) is 101 Å². The molecule has 2 fully saturated rings. The van der Waals surface area contributed by atoms with Gasteiger partial charge in [0.25, 0.3) is 5.91 Å². The number of hydrogen-bond acceptors (Lipinski definition) is 6. The standard InChI is InChI=1S/C18H24N8O2/c1-23-5-4-13(22-23)10-15(27)25-7-6-24-8-9-26-16(14(24)11-25)20-21-17(26)18(28)19-12-2-3-12/h4-5,12,14H,2-3,6-11H2,1H3,(H,19,28)/t14-/m0/s1. The summed E-state index contributed by atoms with van der Waals surface area (Å²) in [6.45, 7) is 3.60. The van der Waals surface area contributed by atoms with Crippen LogP contribution in [0.15, 0.2) is 12.3 Å². The van der Waals surface area contributed by atoms with Crippen molar-refractivity contribution in [1.82, 2.24) is 39.7 Å². The van der Waals surface area contributed by atoms with E-state index in [1.165, 1.54) is 0 Å². The summed E-state index contributed by atoms with van der Waals surface area (Å²) < 4.78 is 3.63. The molecule has 0 bridgehead atoms. The molecule has 1 saturated carbocycles. The third-order valence-electron chi connectivity index (χ3n) is 5.75. The third kappa shape index (κ3) is 3.17. The van der Waals surface area contributed by atoms with Crippen molar-refractivity contribution < 1.29 is 9.59 Å². The maximum absolute atomic E-state index is 12.8. The van der Waals surface area contributed by atoms with Gasteiger partial charge < -0.3 is 14.8 Å². The first-order valence-corrected chi connectivity index (χ1v) is 9.83. The van der Waals surface area contributed by atoms with Gasteiger partial charge in [-0.3, -0.25) is 19.2 Å². The molecule has 0 aromatic carbocycles. The van der Waals surface area contributed by atoms with Crippen LogP contribution in [0.3, 0.4) is 0 Å². The number of amides is 2. The zero-order valence-corrected chi connectivity index (χ0v) is 15.9. The van der Waals surface area contributed by atoms with Crippen LogP contribution in [0, 0.1) is 0 Å². The van der Waals surface area contributed by atoms with E-state index in [0.29, 0.717) is 31.9 Å². The molecule has 2 aromatic rings. The summed E-state index contributed by atoms with van der Waals surface area (Å²) in [6, 6.07) is 2.14. The number of rotatable bonds is 4. The molecule has 10 nitrogen and oxygen atoms in total. The minimum absolute atomic E-state index is 0.0230. The van der Waals surface area contributed by atoms with Crippen LogP contribution in [-0.2, 0) is 24.8 Å². The van der Waals surface area contributed by atoms with Gasteiger partial charge in [-0.05, 0) is 18.9 Å². The van der Waals surface area contributed by atoms with Gasteiger partial charge in [-0.15, -0.1) is 10.2 Å². The number of piperazine rings is 1. The van der Waals surface area contributed by atoms with Crippen molar-refractivity contribution in [3.05, 3.63) is 29.6 Å². The van der Waals surface area contributed by atoms with E-state index < -0.39 is 0 Å². The average Bonchev–Trinajstić information content (AvgIpc) is 3.23. The van der Waals surface area contributed by atoms with Crippen molar-refractivity contribution in [2.24, 2.45) is 7.05 Å². The Hall–Kier alpha value is -2.75. The SMILES string of the molecule is Cn1ccc(CC(=O)N2CCN3CCn4c(C(=O)NC5CC5)nnc4[C@@H]3C2)n1. The molecular weight excluding hydrogens is 360 g/mol. The molecule has 3 aliphatic rings. The highest BCUT2D eigenvalue weighted by molar-refractivity contribution is 5.91. The smallest absolute Gasteiger partial charge is 0.289 e. The largest absolute Gasteiger partial charge is 0.347 e. The van der Waals surface area contributed by atoms with Crippen LogP contribution >= 0.6 is 0 Å². The van der Waals surface area contributed by atoms with Crippen molar-refractivity contribution in [1.29, 1.82) is 0 Å². The predicted molar refractivity (Wildman–Crippen MR) is 98.3 cm³/mol. The van der Waals surface area contributed by atoms with Crippen molar-refractivity contribution in [3.8, 4) is 0 Å². The Balaban J connectivity index is 1.31. The van der Waals surface area contributed by atoms with Gasteiger partial charge in [-0.25, -0.2) is 0 Å². The van der Waals surface area contributed by atoms with E-state index in [0.717, 1.165) is 37.4 Å². The summed E-state index contributed by atoms with van der Waals surface area (Å²) >= 11 is 0. The Morgan fingerprint density at radius 1 is 1.18 bits per heavy atom. The van der Waals surface area contributed by atoms with Crippen molar-refractivity contribution in [3.63, 3.8) is 0 Å². The number of carbonyl (C=O) groups is 2. The quantitative estimate of drug-likeness (QED) is 0.751. The van der Waals surface area contributed by atoms with Crippen LogP contribution in [0.25, 0.3) is 0 Å². The van der Waals surface area contributed by atoms with Crippen LogP contribution < -0.4 is 5.32 Å². The molecule has 148 valence electrons. The molecule has 2 aliphatic heterocycles. The Bertz CT molecular complexity index is 915. The van der Waals surface area contributed by atoms with E-state index in [2.05, 4.69) is 25.5 Å². The van der Waals surface area contributed by atoms with E-state index in [9.17, 15) is 9.59 Å². The monoisotopic (exact) mass is 384 g/mol. The first kappa shape index (κ1) is 17.4. The molecule has 0 unspecified atom stereocenters. The van der Waals surface area contributed by atoms with Gasteiger partial charge in [-0.1, -0.05) is 0 Å². The number of aromatic nitrogens is 5. The zero-order chi connectivity index (χ0) is 19.3. The molecule has 1 atom stereocenters. The Kier molecular flexibility index (Phi) is 4.15. The first-order valence-electron chi connectivity index (χ1n) is 9.83. The molecule has 0 spiro atoms. The summed E-state index contributed by atoms with van der Waals surface area (Å²) in [5, 5.41) is 15.8. The van der Waals surface area contributed by atoms with Crippen LogP contribution in [0.1, 0.15) is 41.0 Å². The lowest BCUT2D eigenvalue weighted by molar-refractivity contribution is -0.134. The molecule has 1 saturated heterocycles. The fourth-order valence-electron chi connectivity index (χ4n) is 4.04. The third-order valence-corrected chi connectivity index (χ3v) is 5.75. The molecule has 28 heavy (non-hydrogen) atoms. The molecule has 5 rings (SSSR count). The van der Waals surface area contributed by atoms with Gasteiger partial charge in [0.15, 0.2) is 5.82 Å². The summed E-state index contributed by atoms with van der Waals surface area (Å²) in [6.07, 6.45) is 4.22. The molecule has 0 radical (unpaired) electrons. The molecule has 4 heterocycles. The van der Waals surface area contributed by atoms with Gasteiger partial charge in [0.1, 0.15) is 0 Å². The lowest BCUT2D eigenvalue weighted by Gasteiger charge is -2.43. The molecule has 1 N–H and O–H groups in total. The van der Waals surface area contributed by atoms with E-state index in [4.69, 9.17) is 0 Å². The highest BCUT2D eigenvalue weighted by atomic mass is 16.2. The second-order valence-electron chi connectivity index (χ2n) is 7.83. The number of fused-ring (bicyclic) bond motifs is 3. The highest BCUT2D eigenvalue weighted by Crippen LogP contribution is 2.29. The Morgan fingerprint density at radius 2 is 2.00 bits per heavy atom. The Labute approximate surface area is 162 Å². The summed E-state index contributed by atoms with van der Waals surface area (Å²) in [5.41, 5.74) is 0.778. The van der Waals surface area contributed by atoms with Crippen molar-refractivity contribution in [2.45, 2.75) is 37.9 Å². The number of aryl methyl sites for hydroxylation is 1. The summed E-state index contributed by atoms with van der Waals surface area (Å²) in [4.78, 5) is 29.4. The van der Waals surface area contributed by atoms with Crippen LogP contribution in [0.2, 0.25) is 0 Å². The molecule has 1 aliphatic carbocycles. The first-order chi connectivity index (χ1) is 13.6. The number of hydrogen-bond donors (Lipinski definition) is 1. The maximum Gasteiger partial charge on any atom is 0.289 e. The van der Waals surface area contributed by atoms with Crippen molar-refractivity contribution >= 4 is 11.8 Å². The van der Waals surface area contributed by atoms with Gasteiger partial charge in [0, 0.05) is 52.0 Å². The lowest BCUT2D eigenvalue weighted by atomic mass is 10.1. The second-order valence-corrected chi connectivity index (χ2v) is 7.83. The second kappa shape index (κ2) is 6.69.